The van der Waals surface area contributed by atoms with Gasteiger partial charge in [0.2, 0.25) is 0 Å². The van der Waals surface area contributed by atoms with Crippen LogP contribution >= 0.6 is 0 Å². The number of amides is 1. The number of carbonyl (C=O) groups is 1. The summed E-state index contributed by atoms with van der Waals surface area (Å²) in [5.74, 6) is 0. The predicted molar refractivity (Wildman–Crippen MR) is 107 cm³/mol. The molecular weight excluding hydrogens is 414 g/mol. The van der Waals surface area contributed by atoms with Crippen LogP contribution in [-0.4, -0.2) is 70.0 Å². The van der Waals surface area contributed by atoms with E-state index in [0.29, 0.717) is 6.61 Å². The van der Waals surface area contributed by atoms with E-state index < -0.39 is 45.7 Å². The van der Waals surface area contributed by atoms with Gasteiger partial charge in [0.05, 0.1) is 19.5 Å². The molecule has 1 N–H and O–H groups in total. The molecule has 2 heterocycles. The molecule has 9 nitrogen and oxygen atoms in total. The fraction of sp³-hybridized carbons (Fsp3) is 0.650. The van der Waals surface area contributed by atoms with Gasteiger partial charge in [0.25, 0.3) is 10.1 Å². The molecule has 10 heteroatoms. The molecule has 0 unspecified atom stereocenters. The second-order valence-corrected chi connectivity index (χ2v) is 10.2. The SMILES string of the molecule is CC(C)(C)OC(=O)NC[C@@H]1O[C@@]2(COS(C)(=O)=O)CO[C@@H]1[C@@H]2OCc1ccccc1. The predicted octanol–water partition coefficient (Wildman–Crippen LogP) is 1.61. The molecule has 2 aliphatic rings. The van der Waals surface area contributed by atoms with Crippen molar-refractivity contribution < 1.29 is 36.3 Å². The first-order valence-electron chi connectivity index (χ1n) is 9.74. The Labute approximate surface area is 177 Å². The van der Waals surface area contributed by atoms with Gasteiger partial charge in [-0.25, -0.2) is 4.79 Å². The van der Waals surface area contributed by atoms with Gasteiger partial charge in [-0.15, -0.1) is 0 Å². The number of fused-ring (bicyclic) bond motifs is 2. The average Bonchev–Trinajstić information content (AvgIpc) is 3.14. The summed E-state index contributed by atoms with van der Waals surface area (Å²) < 4.78 is 51.4. The van der Waals surface area contributed by atoms with E-state index in [1.807, 2.05) is 30.3 Å². The maximum absolute atomic E-state index is 12.0. The lowest BCUT2D eigenvalue weighted by Crippen LogP contribution is -2.48. The van der Waals surface area contributed by atoms with Gasteiger partial charge in [0.15, 0.2) is 0 Å². The van der Waals surface area contributed by atoms with Crippen LogP contribution in [0, 0.1) is 0 Å². The smallest absolute Gasteiger partial charge is 0.407 e. The van der Waals surface area contributed by atoms with Crippen molar-refractivity contribution in [2.24, 2.45) is 0 Å². The van der Waals surface area contributed by atoms with Crippen LogP contribution in [0.5, 0.6) is 0 Å². The van der Waals surface area contributed by atoms with E-state index in [0.717, 1.165) is 11.8 Å². The van der Waals surface area contributed by atoms with E-state index in [1.54, 1.807) is 20.8 Å². The Morgan fingerprint density at radius 3 is 2.60 bits per heavy atom. The summed E-state index contributed by atoms with van der Waals surface area (Å²) in [6.07, 6.45) is -1.16. The molecule has 2 fully saturated rings. The van der Waals surface area contributed by atoms with Crippen molar-refractivity contribution in [2.45, 2.75) is 56.9 Å². The summed E-state index contributed by atoms with van der Waals surface area (Å²) >= 11 is 0. The number of hydrogen-bond donors (Lipinski definition) is 1. The lowest BCUT2D eigenvalue weighted by molar-refractivity contribution is -0.158. The lowest BCUT2D eigenvalue weighted by atomic mass is 9.99. The van der Waals surface area contributed by atoms with Gasteiger partial charge in [0, 0.05) is 6.54 Å². The quantitative estimate of drug-likeness (QED) is 0.604. The Bertz CT molecular complexity index is 838. The van der Waals surface area contributed by atoms with Gasteiger partial charge >= 0.3 is 6.09 Å². The molecule has 0 spiro atoms. The second kappa shape index (κ2) is 8.80. The Morgan fingerprint density at radius 2 is 1.97 bits per heavy atom. The van der Waals surface area contributed by atoms with Crippen molar-refractivity contribution in [3.8, 4) is 0 Å². The Morgan fingerprint density at radius 1 is 1.27 bits per heavy atom. The maximum atomic E-state index is 12.0. The van der Waals surface area contributed by atoms with Crippen LogP contribution in [-0.2, 0) is 39.9 Å². The molecule has 168 valence electrons. The topological polar surface area (TPSA) is 109 Å². The molecule has 0 saturated carbocycles. The molecule has 0 aromatic heterocycles. The van der Waals surface area contributed by atoms with Gasteiger partial charge < -0.3 is 24.3 Å². The number of rotatable bonds is 8. The fourth-order valence-corrected chi connectivity index (χ4v) is 3.92. The molecule has 3 rings (SSSR count). The van der Waals surface area contributed by atoms with Gasteiger partial charge in [-0.3, -0.25) is 4.18 Å². The lowest BCUT2D eigenvalue weighted by Gasteiger charge is -2.31. The third-order valence-corrected chi connectivity index (χ3v) is 5.27. The van der Waals surface area contributed by atoms with Crippen molar-refractivity contribution in [1.29, 1.82) is 0 Å². The Kier molecular flexibility index (Phi) is 6.73. The van der Waals surface area contributed by atoms with E-state index in [2.05, 4.69) is 5.32 Å². The van der Waals surface area contributed by atoms with Crippen molar-refractivity contribution in [3.63, 3.8) is 0 Å². The first kappa shape index (κ1) is 23.0. The van der Waals surface area contributed by atoms with Crippen LogP contribution in [0.1, 0.15) is 26.3 Å². The average molecular weight is 444 g/mol. The number of alkyl carbamates (subject to hydrolysis) is 1. The highest BCUT2D eigenvalue weighted by atomic mass is 32.2. The fourth-order valence-electron chi connectivity index (χ4n) is 3.51. The van der Waals surface area contributed by atoms with Crippen LogP contribution < -0.4 is 5.32 Å². The van der Waals surface area contributed by atoms with Gasteiger partial charge in [0.1, 0.15) is 36.1 Å². The molecule has 0 radical (unpaired) electrons. The minimum atomic E-state index is -3.68. The van der Waals surface area contributed by atoms with Gasteiger partial charge in [-0.2, -0.15) is 8.42 Å². The van der Waals surface area contributed by atoms with Crippen molar-refractivity contribution in [3.05, 3.63) is 35.9 Å². The number of benzene rings is 1. The summed E-state index contributed by atoms with van der Waals surface area (Å²) in [6, 6.07) is 9.59. The Hall–Kier alpha value is -1.72. The van der Waals surface area contributed by atoms with Gasteiger partial charge in [-0.05, 0) is 26.3 Å². The second-order valence-electron chi connectivity index (χ2n) is 8.56. The van der Waals surface area contributed by atoms with Crippen LogP contribution in [0.15, 0.2) is 30.3 Å². The summed E-state index contributed by atoms with van der Waals surface area (Å²) in [4.78, 5) is 12.0. The molecular formula is C20H29NO8S. The molecule has 1 aromatic carbocycles. The zero-order chi connectivity index (χ0) is 22.0. The molecule has 30 heavy (non-hydrogen) atoms. The number of nitrogens with one attached hydrogen (secondary N) is 1. The van der Waals surface area contributed by atoms with E-state index in [-0.39, 0.29) is 19.8 Å². The van der Waals surface area contributed by atoms with Crippen LogP contribution in [0.4, 0.5) is 4.79 Å². The zero-order valence-electron chi connectivity index (χ0n) is 17.6. The highest BCUT2D eigenvalue weighted by molar-refractivity contribution is 7.85. The van der Waals surface area contributed by atoms with E-state index in [1.165, 1.54) is 0 Å². The largest absolute Gasteiger partial charge is 0.444 e. The number of ether oxygens (including phenoxy) is 4. The molecule has 2 aliphatic heterocycles. The highest BCUT2D eigenvalue weighted by Crippen LogP contribution is 2.42. The van der Waals surface area contributed by atoms with Crippen LogP contribution in [0.3, 0.4) is 0 Å². The molecule has 1 amide bonds. The van der Waals surface area contributed by atoms with E-state index >= 15 is 0 Å². The summed E-state index contributed by atoms with van der Waals surface area (Å²) in [5.41, 5.74) is -0.739. The maximum Gasteiger partial charge on any atom is 0.407 e. The first-order valence-corrected chi connectivity index (χ1v) is 11.6. The minimum Gasteiger partial charge on any atom is -0.444 e. The standard InChI is InChI=1S/C20H29NO8S/c1-19(2,3)29-18(22)21-10-15-16-17(25-11-14-8-6-5-7-9-14)20(28-15,12-26-16)13-27-30(4,23)24/h5-9,15-17H,10-13H2,1-4H3,(H,21,22)/t15-,16-,17-,20+/m0/s1. The highest BCUT2D eigenvalue weighted by Gasteiger charge is 2.62. The first-order chi connectivity index (χ1) is 14.0. The minimum absolute atomic E-state index is 0.130. The van der Waals surface area contributed by atoms with Gasteiger partial charge in [-0.1, -0.05) is 30.3 Å². The number of carbonyl (C=O) groups excluding carboxylic acids is 1. The summed E-state index contributed by atoms with van der Waals surface area (Å²) in [6.45, 7) is 5.66. The Balaban J connectivity index is 1.68. The molecule has 4 atom stereocenters. The monoisotopic (exact) mass is 443 g/mol. The van der Waals surface area contributed by atoms with E-state index in [9.17, 15) is 13.2 Å². The summed E-state index contributed by atoms with van der Waals surface area (Å²) in [7, 11) is -3.68. The molecule has 0 aliphatic carbocycles. The van der Waals surface area contributed by atoms with Crippen LogP contribution in [0.2, 0.25) is 0 Å². The van der Waals surface area contributed by atoms with E-state index in [4.69, 9.17) is 23.1 Å². The number of hydrogen-bond acceptors (Lipinski definition) is 8. The van der Waals surface area contributed by atoms with Crippen molar-refractivity contribution in [2.75, 3.05) is 26.0 Å². The van der Waals surface area contributed by atoms with Crippen LogP contribution in [0.25, 0.3) is 0 Å². The third kappa shape index (κ3) is 5.92. The third-order valence-electron chi connectivity index (χ3n) is 4.73. The molecule has 2 bridgehead atoms. The zero-order valence-corrected chi connectivity index (χ0v) is 18.4. The molecule has 1 aromatic rings. The normalized spacial score (nSPS) is 28.5. The van der Waals surface area contributed by atoms with Crippen molar-refractivity contribution >= 4 is 16.2 Å². The summed E-state index contributed by atoms with van der Waals surface area (Å²) in [5, 5.41) is 2.67. The molecule has 2 saturated heterocycles. The van der Waals surface area contributed by atoms with Crippen molar-refractivity contribution in [1.82, 2.24) is 5.32 Å².